The Labute approximate surface area is 78.8 Å². The third-order valence-electron chi connectivity index (χ3n) is 1.14. The highest BCUT2D eigenvalue weighted by Crippen LogP contribution is 2.15. The van der Waals surface area contributed by atoms with E-state index in [1.54, 1.807) is 6.07 Å². The van der Waals surface area contributed by atoms with Crippen LogP contribution in [0.5, 0.6) is 0 Å². The molecular weight excluding hydrogens is 218 g/mol. The van der Waals surface area contributed by atoms with Crippen LogP contribution in [-0.4, -0.2) is 6.21 Å². The van der Waals surface area contributed by atoms with Crippen LogP contribution in [0, 0.1) is 11.3 Å². The Hall–Kier alpha value is -1.34. The van der Waals surface area contributed by atoms with Crippen LogP contribution < -0.4 is 5.43 Å². The summed E-state index contributed by atoms with van der Waals surface area (Å²) >= 11 is 3.31. The molecule has 0 unspecified atom stereocenters. The standard InChI is InChI=1S/C8H6BrN3/c9-7-2-1-3-8(6-7)12-11-5-4-10/h1-3,5-6,12H/b11-5+. The summed E-state index contributed by atoms with van der Waals surface area (Å²) in [6.07, 6.45) is 1.14. The summed E-state index contributed by atoms with van der Waals surface area (Å²) in [5.41, 5.74) is 3.55. The summed E-state index contributed by atoms with van der Waals surface area (Å²) in [6, 6.07) is 9.32. The van der Waals surface area contributed by atoms with Gasteiger partial charge in [0.2, 0.25) is 0 Å². The van der Waals surface area contributed by atoms with Crippen molar-refractivity contribution in [1.82, 2.24) is 0 Å². The van der Waals surface area contributed by atoms with Crippen LogP contribution in [0.2, 0.25) is 0 Å². The Bertz CT molecular complexity index is 327. The van der Waals surface area contributed by atoms with Crippen molar-refractivity contribution in [2.75, 3.05) is 5.43 Å². The zero-order chi connectivity index (χ0) is 8.81. The van der Waals surface area contributed by atoms with E-state index in [0.717, 1.165) is 16.4 Å². The third kappa shape index (κ3) is 2.72. The van der Waals surface area contributed by atoms with Crippen LogP contribution in [0.1, 0.15) is 0 Å². The highest BCUT2D eigenvalue weighted by atomic mass is 79.9. The first-order chi connectivity index (χ1) is 5.83. The van der Waals surface area contributed by atoms with Crippen molar-refractivity contribution >= 4 is 27.8 Å². The monoisotopic (exact) mass is 223 g/mol. The van der Waals surface area contributed by atoms with Gasteiger partial charge in [0, 0.05) is 4.47 Å². The number of hydrazone groups is 1. The molecule has 60 valence electrons. The van der Waals surface area contributed by atoms with Gasteiger partial charge in [-0.15, -0.1) is 0 Å². The molecule has 0 aromatic heterocycles. The predicted octanol–water partition coefficient (Wildman–Crippen LogP) is 2.37. The summed E-state index contributed by atoms with van der Waals surface area (Å²) in [7, 11) is 0. The summed E-state index contributed by atoms with van der Waals surface area (Å²) in [5.74, 6) is 0. The number of nitriles is 1. The summed E-state index contributed by atoms with van der Waals surface area (Å²) in [4.78, 5) is 0. The van der Waals surface area contributed by atoms with Crippen LogP contribution >= 0.6 is 15.9 Å². The van der Waals surface area contributed by atoms with Crippen LogP contribution in [0.4, 0.5) is 5.69 Å². The van der Waals surface area contributed by atoms with Crippen molar-refractivity contribution in [1.29, 1.82) is 5.26 Å². The van der Waals surface area contributed by atoms with Gasteiger partial charge in [-0.3, -0.25) is 5.43 Å². The summed E-state index contributed by atoms with van der Waals surface area (Å²) < 4.78 is 0.972. The average molecular weight is 224 g/mol. The second-order valence-electron chi connectivity index (χ2n) is 2.01. The molecule has 1 aromatic rings. The van der Waals surface area contributed by atoms with Crippen LogP contribution in [-0.2, 0) is 0 Å². The smallest absolute Gasteiger partial charge is 0.124 e. The molecule has 4 heteroatoms. The fraction of sp³-hybridized carbons (Fsp3) is 0. The molecule has 1 aromatic carbocycles. The van der Waals surface area contributed by atoms with E-state index in [9.17, 15) is 0 Å². The van der Waals surface area contributed by atoms with Gasteiger partial charge in [0.05, 0.1) is 5.69 Å². The lowest BCUT2D eigenvalue weighted by Gasteiger charge is -1.98. The van der Waals surface area contributed by atoms with E-state index < -0.39 is 0 Å². The van der Waals surface area contributed by atoms with Gasteiger partial charge in [0.15, 0.2) is 0 Å². The summed E-state index contributed by atoms with van der Waals surface area (Å²) in [6.45, 7) is 0. The Morgan fingerprint density at radius 3 is 3.08 bits per heavy atom. The maximum atomic E-state index is 8.15. The van der Waals surface area contributed by atoms with Crippen molar-refractivity contribution in [2.24, 2.45) is 5.10 Å². The fourth-order valence-corrected chi connectivity index (χ4v) is 1.09. The Kier molecular flexibility index (Phi) is 3.30. The molecule has 0 heterocycles. The average Bonchev–Trinajstić information content (AvgIpc) is 2.05. The largest absolute Gasteiger partial charge is 0.278 e. The highest BCUT2D eigenvalue weighted by molar-refractivity contribution is 9.10. The van der Waals surface area contributed by atoms with Gasteiger partial charge < -0.3 is 0 Å². The van der Waals surface area contributed by atoms with Gasteiger partial charge in [-0.2, -0.15) is 10.4 Å². The number of halogens is 1. The van der Waals surface area contributed by atoms with Crippen molar-refractivity contribution in [3.8, 4) is 6.07 Å². The van der Waals surface area contributed by atoms with Crippen LogP contribution in [0.25, 0.3) is 0 Å². The SMILES string of the molecule is N#C/C=N/Nc1cccc(Br)c1. The molecule has 3 nitrogen and oxygen atoms in total. The molecule has 1 N–H and O–H groups in total. The molecule has 0 fully saturated rings. The number of anilines is 1. The molecule has 0 atom stereocenters. The van der Waals surface area contributed by atoms with E-state index in [2.05, 4.69) is 26.5 Å². The van der Waals surface area contributed by atoms with E-state index in [-0.39, 0.29) is 0 Å². The van der Waals surface area contributed by atoms with E-state index in [0.29, 0.717) is 0 Å². The lowest BCUT2D eigenvalue weighted by atomic mass is 10.3. The lowest BCUT2D eigenvalue weighted by Crippen LogP contribution is -1.87. The number of nitrogens with zero attached hydrogens (tertiary/aromatic N) is 2. The second-order valence-corrected chi connectivity index (χ2v) is 2.93. The third-order valence-corrected chi connectivity index (χ3v) is 1.63. The van der Waals surface area contributed by atoms with Crippen molar-refractivity contribution in [2.45, 2.75) is 0 Å². The van der Waals surface area contributed by atoms with Crippen LogP contribution in [0.15, 0.2) is 33.8 Å². The molecule has 0 aliphatic rings. The number of nitrogens with one attached hydrogen (secondary N) is 1. The van der Waals surface area contributed by atoms with Crippen molar-refractivity contribution in [3.63, 3.8) is 0 Å². The zero-order valence-corrected chi connectivity index (χ0v) is 7.75. The first kappa shape index (κ1) is 8.75. The van der Waals surface area contributed by atoms with Gasteiger partial charge in [-0.25, -0.2) is 0 Å². The highest BCUT2D eigenvalue weighted by Gasteiger charge is 1.88. The van der Waals surface area contributed by atoms with Gasteiger partial charge in [0.25, 0.3) is 0 Å². The van der Waals surface area contributed by atoms with E-state index in [1.165, 1.54) is 0 Å². The van der Waals surface area contributed by atoms with E-state index >= 15 is 0 Å². The molecule has 0 radical (unpaired) electrons. The number of benzene rings is 1. The van der Waals surface area contributed by atoms with Gasteiger partial charge in [0.1, 0.15) is 12.3 Å². The molecular formula is C8H6BrN3. The Morgan fingerprint density at radius 1 is 1.58 bits per heavy atom. The Morgan fingerprint density at radius 2 is 2.42 bits per heavy atom. The molecule has 0 saturated heterocycles. The molecule has 0 aliphatic carbocycles. The maximum absolute atomic E-state index is 8.15. The van der Waals surface area contributed by atoms with E-state index in [4.69, 9.17) is 5.26 Å². The van der Waals surface area contributed by atoms with Gasteiger partial charge in [-0.1, -0.05) is 22.0 Å². The number of rotatable bonds is 2. The normalized spacial score (nSPS) is 9.67. The number of hydrogen-bond donors (Lipinski definition) is 1. The first-order valence-corrected chi connectivity index (χ1v) is 4.05. The van der Waals surface area contributed by atoms with Gasteiger partial charge in [-0.05, 0) is 18.2 Å². The predicted molar refractivity (Wildman–Crippen MR) is 51.9 cm³/mol. The first-order valence-electron chi connectivity index (χ1n) is 3.25. The molecule has 0 amide bonds. The van der Waals surface area contributed by atoms with Gasteiger partial charge >= 0.3 is 0 Å². The van der Waals surface area contributed by atoms with Crippen LogP contribution in [0.3, 0.4) is 0 Å². The number of hydrogen-bond acceptors (Lipinski definition) is 3. The van der Waals surface area contributed by atoms with E-state index in [1.807, 2.05) is 24.3 Å². The molecule has 1 rings (SSSR count). The quantitative estimate of drug-likeness (QED) is 0.619. The minimum Gasteiger partial charge on any atom is -0.278 e. The molecule has 12 heavy (non-hydrogen) atoms. The topological polar surface area (TPSA) is 48.2 Å². The van der Waals surface area contributed by atoms with Crippen molar-refractivity contribution < 1.29 is 0 Å². The fourth-order valence-electron chi connectivity index (χ4n) is 0.694. The zero-order valence-electron chi connectivity index (χ0n) is 6.16. The molecule has 0 bridgehead atoms. The lowest BCUT2D eigenvalue weighted by molar-refractivity contribution is 1.35. The minimum absolute atomic E-state index is 0.843. The molecule has 0 aliphatic heterocycles. The minimum atomic E-state index is 0.843. The molecule has 0 saturated carbocycles. The maximum Gasteiger partial charge on any atom is 0.124 e. The second kappa shape index (κ2) is 4.52. The Balaban J connectivity index is 2.65. The summed E-state index contributed by atoms with van der Waals surface area (Å²) in [5, 5.41) is 11.8. The van der Waals surface area contributed by atoms with Crippen molar-refractivity contribution in [3.05, 3.63) is 28.7 Å². The molecule has 0 spiro atoms.